The number of nitrogens with zero attached hydrogens (tertiary/aromatic N) is 1. The fourth-order valence-corrected chi connectivity index (χ4v) is 5.62. The first kappa shape index (κ1) is 38.8. The van der Waals surface area contributed by atoms with Crippen LogP contribution in [-0.4, -0.2) is 76.1 Å². The molecule has 0 heterocycles. The molecule has 0 fully saturated rings. The molecular formula is C37H50F2N4O6. The summed E-state index contributed by atoms with van der Waals surface area (Å²) in [5.74, 6) is -4.38. The number of aliphatic hydroxyl groups is 2. The fraction of sp³-hybridized carbons (Fsp3) is 0.405. The van der Waals surface area contributed by atoms with E-state index in [1.54, 1.807) is 35.2 Å². The number of carbonyl (C=O) groups excluding carboxylic acids is 4. The molecule has 0 unspecified atom stereocenters. The monoisotopic (exact) mass is 684 g/mol. The lowest BCUT2D eigenvalue weighted by Gasteiger charge is -2.33. The summed E-state index contributed by atoms with van der Waals surface area (Å²) in [5.41, 5.74) is 5.77. The molecule has 0 aromatic heterocycles. The summed E-state index contributed by atoms with van der Waals surface area (Å²) in [6.45, 7) is 6.65. The van der Waals surface area contributed by atoms with Gasteiger partial charge in [0.15, 0.2) is 0 Å². The van der Waals surface area contributed by atoms with Gasteiger partial charge in [-0.15, -0.1) is 0 Å². The minimum atomic E-state index is -1.75. The molecule has 10 nitrogen and oxygen atoms in total. The van der Waals surface area contributed by atoms with E-state index in [4.69, 9.17) is 5.73 Å². The minimum absolute atomic E-state index is 0. The van der Waals surface area contributed by atoms with Crippen LogP contribution in [0.2, 0.25) is 0 Å². The number of unbranched alkanes of at least 4 members (excludes halogenated alkanes) is 1. The highest BCUT2D eigenvalue weighted by atomic mass is 19.1. The number of amides is 4. The molecule has 0 bridgehead atoms. The third-order valence-electron chi connectivity index (χ3n) is 8.09. The Kier molecular flexibility index (Phi) is 14.8. The number of primary amides is 1. The van der Waals surface area contributed by atoms with Crippen LogP contribution in [0.15, 0.2) is 66.7 Å². The lowest BCUT2D eigenvalue weighted by atomic mass is 9.91. The van der Waals surface area contributed by atoms with Gasteiger partial charge in [-0.2, -0.15) is 0 Å². The van der Waals surface area contributed by atoms with E-state index >= 15 is 0 Å². The maximum atomic E-state index is 14.2. The van der Waals surface area contributed by atoms with Crippen LogP contribution in [0.1, 0.15) is 103 Å². The molecule has 4 atom stereocenters. The van der Waals surface area contributed by atoms with Crippen molar-refractivity contribution in [2.24, 2.45) is 5.73 Å². The summed E-state index contributed by atoms with van der Waals surface area (Å²) in [6, 6.07) is 12.5. The van der Waals surface area contributed by atoms with Crippen molar-refractivity contribution in [1.82, 2.24) is 15.5 Å². The molecule has 0 aliphatic rings. The van der Waals surface area contributed by atoms with E-state index in [0.717, 1.165) is 12.1 Å². The topological polar surface area (TPSA) is 162 Å². The van der Waals surface area contributed by atoms with Gasteiger partial charge in [-0.25, -0.2) is 8.78 Å². The summed E-state index contributed by atoms with van der Waals surface area (Å²) in [5, 5.41) is 28.4. The molecular weight excluding hydrogens is 634 g/mol. The number of benzene rings is 3. The maximum absolute atomic E-state index is 14.2. The Labute approximate surface area is 288 Å². The number of hydrogen-bond donors (Lipinski definition) is 5. The average molecular weight is 685 g/mol. The van der Waals surface area contributed by atoms with Crippen LogP contribution in [0, 0.1) is 11.6 Å². The van der Waals surface area contributed by atoms with Gasteiger partial charge >= 0.3 is 0 Å². The Hall–Kier alpha value is -4.68. The van der Waals surface area contributed by atoms with Crippen molar-refractivity contribution in [3.8, 4) is 0 Å². The van der Waals surface area contributed by atoms with Gasteiger partial charge in [-0.05, 0) is 73.7 Å². The second-order valence-corrected chi connectivity index (χ2v) is 12.1. The molecule has 3 aromatic carbocycles. The van der Waals surface area contributed by atoms with Crippen molar-refractivity contribution in [2.45, 2.75) is 83.6 Å². The molecule has 0 spiro atoms. The van der Waals surface area contributed by atoms with Crippen molar-refractivity contribution >= 4 is 23.6 Å². The van der Waals surface area contributed by atoms with Gasteiger partial charge < -0.3 is 31.5 Å². The van der Waals surface area contributed by atoms with Crippen LogP contribution in [-0.2, 0) is 6.42 Å². The van der Waals surface area contributed by atoms with Crippen LogP contribution < -0.4 is 16.4 Å². The highest BCUT2D eigenvalue weighted by Gasteiger charge is 2.35. The average Bonchev–Trinajstić information content (AvgIpc) is 3.08. The fourth-order valence-electron chi connectivity index (χ4n) is 5.62. The van der Waals surface area contributed by atoms with Crippen LogP contribution in [0.3, 0.4) is 0 Å². The Bertz CT molecular complexity index is 1570. The largest absolute Gasteiger partial charge is 0.388 e. The van der Waals surface area contributed by atoms with Gasteiger partial charge in [0.25, 0.3) is 17.7 Å². The second-order valence-electron chi connectivity index (χ2n) is 12.1. The van der Waals surface area contributed by atoms with E-state index in [0.29, 0.717) is 50.4 Å². The van der Waals surface area contributed by atoms with E-state index in [-0.39, 0.29) is 37.9 Å². The van der Waals surface area contributed by atoms with Gasteiger partial charge in [-0.3, -0.25) is 19.2 Å². The van der Waals surface area contributed by atoms with E-state index in [1.165, 1.54) is 18.2 Å². The van der Waals surface area contributed by atoms with Crippen molar-refractivity contribution in [2.75, 3.05) is 13.1 Å². The molecule has 4 amide bonds. The number of hydrogen-bond acceptors (Lipinski definition) is 6. The molecule has 0 radical (unpaired) electrons. The molecule has 0 aliphatic heterocycles. The van der Waals surface area contributed by atoms with Crippen LogP contribution in [0.25, 0.3) is 0 Å². The quantitative estimate of drug-likeness (QED) is 0.128. The zero-order valence-corrected chi connectivity index (χ0v) is 28.1. The summed E-state index contributed by atoms with van der Waals surface area (Å²) in [7, 11) is 0. The highest BCUT2D eigenvalue weighted by Crippen LogP contribution is 2.19. The van der Waals surface area contributed by atoms with Crippen molar-refractivity contribution in [1.29, 1.82) is 0 Å². The normalized spacial score (nSPS) is 13.5. The Morgan fingerprint density at radius 3 is 1.84 bits per heavy atom. The van der Waals surface area contributed by atoms with Crippen molar-refractivity contribution in [3.05, 3.63) is 106 Å². The minimum Gasteiger partial charge on any atom is -0.388 e. The summed E-state index contributed by atoms with van der Waals surface area (Å²) >= 11 is 0. The molecule has 268 valence electrons. The zero-order valence-electron chi connectivity index (χ0n) is 28.1. The molecule has 0 saturated heterocycles. The number of nitrogens with one attached hydrogen (secondary N) is 2. The van der Waals surface area contributed by atoms with Crippen molar-refractivity contribution < 1.29 is 41.0 Å². The predicted octanol–water partition coefficient (Wildman–Crippen LogP) is 4.87. The SMILES string of the molecule is CCCC[C@@H](NC(=O)c1ccccc1)[C@@H](O)[C@H](O)[C@H](Cc1cc(F)cc(F)c1)NC(=O)c1cc(C(N)=O)cc(C(=O)N(CCC)CCC)c1.[HH].[HH]. The van der Waals surface area contributed by atoms with E-state index < -0.39 is 59.6 Å². The number of nitrogens with two attached hydrogens (primary N) is 1. The van der Waals surface area contributed by atoms with Gasteiger partial charge in [0.05, 0.1) is 12.1 Å². The van der Waals surface area contributed by atoms with Crippen LogP contribution in [0.4, 0.5) is 8.78 Å². The molecule has 0 saturated carbocycles. The second kappa shape index (κ2) is 18.8. The lowest BCUT2D eigenvalue weighted by molar-refractivity contribution is -0.0237. The van der Waals surface area contributed by atoms with E-state index in [1.807, 2.05) is 20.8 Å². The summed E-state index contributed by atoms with van der Waals surface area (Å²) in [4.78, 5) is 54.1. The smallest absolute Gasteiger partial charge is 0.253 e. The molecule has 0 aliphatic carbocycles. The third kappa shape index (κ3) is 11.2. The molecule has 3 aromatic rings. The van der Waals surface area contributed by atoms with E-state index in [2.05, 4.69) is 10.6 Å². The van der Waals surface area contributed by atoms with Gasteiger partial charge in [-0.1, -0.05) is 51.8 Å². The maximum Gasteiger partial charge on any atom is 0.253 e. The molecule has 12 heteroatoms. The van der Waals surface area contributed by atoms with Gasteiger partial charge in [0.2, 0.25) is 5.91 Å². The molecule has 49 heavy (non-hydrogen) atoms. The number of halogens is 2. The number of aliphatic hydroxyl groups excluding tert-OH is 2. The van der Waals surface area contributed by atoms with Crippen molar-refractivity contribution in [3.63, 3.8) is 0 Å². The first-order chi connectivity index (χ1) is 23.4. The van der Waals surface area contributed by atoms with Crippen LogP contribution in [0.5, 0.6) is 0 Å². The number of carbonyl (C=O) groups is 4. The third-order valence-corrected chi connectivity index (χ3v) is 8.09. The Balaban J connectivity index is 0.00000650. The first-order valence-corrected chi connectivity index (χ1v) is 16.6. The molecule has 3 rings (SSSR count). The Morgan fingerprint density at radius 2 is 1.27 bits per heavy atom. The first-order valence-electron chi connectivity index (χ1n) is 16.6. The standard InChI is InChI=1S/C37H46F2N4O6.2H2/c1-4-7-13-30(41-35(47)24-11-9-8-10-12-24)32(44)33(45)31(18-23-16-28(38)22-29(39)17-23)42-36(48)26-19-25(34(40)46)20-27(21-26)37(49)43(14-5-2)15-6-3;;/h8-12,16-17,19-22,30-33,44-45H,4-7,13-15,18H2,1-3H3,(H2,40,46)(H,41,47)(H,42,48);2*1H/t30-,31+,32-,33-;;/m1../s1. The summed E-state index contributed by atoms with van der Waals surface area (Å²) < 4.78 is 28.4. The highest BCUT2D eigenvalue weighted by molar-refractivity contribution is 6.04. The zero-order chi connectivity index (χ0) is 36.1. The summed E-state index contributed by atoms with van der Waals surface area (Å²) in [6.07, 6.45) is -0.765. The van der Waals surface area contributed by atoms with E-state index in [9.17, 15) is 38.2 Å². The van der Waals surface area contributed by atoms with Gasteiger partial charge in [0.1, 0.15) is 23.8 Å². The van der Waals surface area contributed by atoms with Crippen LogP contribution >= 0.6 is 0 Å². The lowest BCUT2D eigenvalue weighted by Crippen LogP contribution is -2.56. The predicted molar refractivity (Wildman–Crippen MR) is 186 cm³/mol. The Morgan fingerprint density at radius 1 is 0.735 bits per heavy atom. The molecule has 6 N–H and O–H groups in total. The van der Waals surface area contributed by atoms with Gasteiger partial charge in [0, 0.05) is 44.3 Å². The number of rotatable bonds is 18.